The Morgan fingerprint density at radius 1 is 1.35 bits per heavy atom. The highest BCUT2D eigenvalue weighted by atomic mass is 79.9. The first-order valence-corrected chi connectivity index (χ1v) is 7.72. The van der Waals surface area contributed by atoms with Crippen molar-refractivity contribution in [1.82, 2.24) is 0 Å². The third-order valence-corrected chi connectivity index (χ3v) is 3.58. The Labute approximate surface area is 147 Å². The van der Waals surface area contributed by atoms with E-state index in [1.54, 1.807) is 49.6 Å². The molecule has 116 valence electrons. The van der Waals surface area contributed by atoms with Gasteiger partial charge in [0, 0.05) is 15.2 Å². The van der Waals surface area contributed by atoms with Gasteiger partial charge in [0.2, 0.25) is 0 Å². The zero-order valence-electron chi connectivity index (χ0n) is 12.1. The quantitative estimate of drug-likeness (QED) is 0.609. The number of hydrogen-bond acceptors (Lipinski definition) is 3. The van der Waals surface area contributed by atoms with Crippen LogP contribution in [0.2, 0.25) is 5.02 Å². The zero-order chi connectivity index (χ0) is 16.8. The minimum absolute atomic E-state index is 0.0230. The van der Waals surface area contributed by atoms with E-state index < -0.39 is 5.91 Å². The Hall–Kier alpha value is -2.29. The normalized spacial score (nSPS) is 10.8. The van der Waals surface area contributed by atoms with Crippen LogP contribution in [0.4, 0.5) is 5.69 Å². The van der Waals surface area contributed by atoms with Gasteiger partial charge < -0.3 is 10.1 Å². The SMILES string of the molecule is COc1cc(Br)cc(/C=C(\C#N)C(=O)Nc2cccc(Cl)c2)c1. The standard InChI is InChI=1S/C17H12BrClN2O2/c1-23-16-7-11(6-13(18)8-16)5-12(10-20)17(22)21-15-4-2-3-14(19)9-15/h2-9H,1H3,(H,21,22)/b12-5+. The van der Waals surface area contributed by atoms with Crippen molar-refractivity contribution in [3.63, 3.8) is 0 Å². The van der Waals surface area contributed by atoms with Gasteiger partial charge in [-0.25, -0.2) is 0 Å². The summed E-state index contributed by atoms with van der Waals surface area (Å²) in [6.45, 7) is 0. The number of benzene rings is 2. The molecule has 2 aromatic rings. The number of carbonyl (C=O) groups excluding carboxylic acids is 1. The predicted octanol–water partition coefficient (Wildman–Crippen LogP) is 4.66. The lowest BCUT2D eigenvalue weighted by atomic mass is 10.1. The van der Waals surface area contributed by atoms with Crippen LogP contribution in [0.25, 0.3) is 6.08 Å². The molecule has 0 saturated heterocycles. The van der Waals surface area contributed by atoms with Gasteiger partial charge in [-0.1, -0.05) is 33.6 Å². The summed E-state index contributed by atoms with van der Waals surface area (Å²) >= 11 is 9.23. The molecule has 6 heteroatoms. The largest absolute Gasteiger partial charge is 0.497 e. The zero-order valence-corrected chi connectivity index (χ0v) is 14.5. The third-order valence-electron chi connectivity index (χ3n) is 2.89. The molecule has 1 N–H and O–H groups in total. The summed E-state index contributed by atoms with van der Waals surface area (Å²) in [5.74, 6) is 0.117. The Morgan fingerprint density at radius 3 is 2.78 bits per heavy atom. The molecule has 23 heavy (non-hydrogen) atoms. The number of ether oxygens (including phenoxy) is 1. The summed E-state index contributed by atoms with van der Waals surface area (Å²) in [6.07, 6.45) is 1.49. The van der Waals surface area contributed by atoms with Crippen LogP contribution in [-0.2, 0) is 4.79 Å². The number of nitrogens with one attached hydrogen (secondary N) is 1. The summed E-state index contributed by atoms with van der Waals surface area (Å²) in [5, 5.41) is 12.4. The molecule has 0 saturated carbocycles. The molecule has 1 amide bonds. The highest BCUT2D eigenvalue weighted by Crippen LogP contribution is 2.23. The van der Waals surface area contributed by atoms with Gasteiger partial charge in [-0.2, -0.15) is 5.26 Å². The van der Waals surface area contributed by atoms with Crippen molar-refractivity contribution in [3.05, 3.63) is 63.1 Å². The van der Waals surface area contributed by atoms with E-state index in [-0.39, 0.29) is 5.57 Å². The molecule has 0 atom stereocenters. The van der Waals surface area contributed by atoms with Crippen molar-refractivity contribution < 1.29 is 9.53 Å². The molecule has 0 heterocycles. The van der Waals surface area contributed by atoms with E-state index in [4.69, 9.17) is 16.3 Å². The summed E-state index contributed by atoms with van der Waals surface area (Å²) in [4.78, 5) is 12.2. The molecule has 0 aliphatic rings. The minimum Gasteiger partial charge on any atom is -0.497 e. The number of halogens is 2. The molecule has 0 aliphatic heterocycles. The number of carbonyl (C=O) groups is 1. The van der Waals surface area contributed by atoms with Crippen LogP contribution in [-0.4, -0.2) is 13.0 Å². The van der Waals surface area contributed by atoms with Crippen LogP contribution < -0.4 is 10.1 Å². The van der Waals surface area contributed by atoms with Gasteiger partial charge in [0.15, 0.2) is 0 Å². The highest BCUT2D eigenvalue weighted by molar-refractivity contribution is 9.10. The van der Waals surface area contributed by atoms with Crippen molar-refractivity contribution in [2.75, 3.05) is 12.4 Å². The Bertz CT molecular complexity index is 812. The Morgan fingerprint density at radius 2 is 2.13 bits per heavy atom. The highest BCUT2D eigenvalue weighted by Gasteiger charge is 2.10. The first-order chi connectivity index (χ1) is 11.0. The van der Waals surface area contributed by atoms with Gasteiger partial charge in [-0.15, -0.1) is 0 Å². The summed E-state index contributed by atoms with van der Waals surface area (Å²) in [6, 6.07) is 13.9. The molecule has 2 rings (SSSR count). The second-order valence-electron chi connectivity index (χ2n) is 4.56. The number of rotatable bonds is 4. The minimum atomic E-state index is -0.506. The van der Waals surface area contributed by atoms with Gasteiger partial charge >= 0.3 is 0 Å². The molecule has 0 aromatic heterocycles. The molecule has 0 spiro atoms. The number of anilines is 1. The molecule has 0 bridgehead atoms. The van der Waals surface area contributed by atoms with Crippen LogP contribution in [0.1, 0.15) is 5.56 Å². The van der Waals surface area contributed by atoms with Crippen LogP contribution in [0.15, 0.2) is 52.5 Å². The first kappa shape index (κ1) is 17.1. The molecular weight excluding hydrogens is 380 g/mol. The average Bonchev–Trinajstić information content (AvgIpc) is 2.51. The van der Waals surface area contributed by atoms with Gasteiger partial charge in [0.25, 0.3) is 5.91 Å². The number of amides is 1. The molecule has 0 radical (unpaired) electrons. The van der Waals surface area contributed by atoms with Crippen molar-refractivity contribution in [2.24, 2.45) is 0 Å². The van der Waals surface area contributed by atoms with Gasteiger partial charge in [0.1, 0.15) is 17.4 Å². The molecule has 0 fully saturated rings. The maximum Gasteiger partial charge on any atom is 0.266 e. The smallest absolute Gasteiger partial charge is 0.266 e. The number of hydrogen-bond donors (Lipinski definition) is 1. The fraction of sp³-hybridized carbons (Fsp3) is 0.0588. The number of nitriles is 1. The number of methoxy groups -OCH3 is 1. The topological polar surface area (TPSA) is 62.1 Å². The van der Waals surface area contributed by atoms with E-state index in [1.807, 2.05) is 6.07 Å². The molecule has 0 aliphatic carbocycles. The average molecular weight is 392 g/mol. The maximum atomic E-state index is 12.2. The Kier molecular flexibility index (Phi) is 5.80. The molecule has 0 unspecified atom stereocenters. The summed E-state index contributed by atoms with van der Waals surface area (Å²) in [7, 11) is 1.55. The maximum absolute atomic E-state index is 12.2. The molecule has 2 aromatic carbocycles. The van der Waals surface area contributed by atoms with E-state index in [0.29, 0.717) is 22.0 Å². The van der Waals surface area contributed by atoms with E-state index in [0.717, 1.165) is 4.47 Å². The van der Waals surface area contributed by atoms with Crippen molar-refractivity contribution in [1.29, 1.82) is 5.26 Å². The van der Waals surface area contributed by atoms with Gasteiger partial charge in [-0.3, -0.25) is 4.79 Å². The summed E-state index contributed by atoms with van der Waals surface area (Å²) < 4.78 is 5.95. The van der Waals surface area contributed by atoms with Crippen molar-refractivity contribution in [2.45, 2.75) is 0 Å². The molecule has 4 nitrogen and oxygen atoms in total. The fourth-order valence-corrected chi connectivity index (χ4v) is 2.55. The third kappa shape index (κ3) is 4.85. The van der Waals surface area contributed by atoms with Gasteiger partial charge in [0.05, 0.1) is 7.11 Å². The van der Waals surface area contributed by atoms with Gasteiger partial charge in [-0.05, 0) is 48.0 Å². The lowest BCUT2D eigenvalue weighted by Crippen LogP contribution is -2.13. The monoisotopic (exact) mass is 390 g/mol. The van der Waals surface area contributed by atoms with Crippen LogP contribution in [0.3, 0.4) is 0 Å². The fourth-order valence-electron chi connectivity index (χ4n) is 1.87. The second-order valence-corrected chi connectivity index (χ2v) is 5.91. The first-order valence-electron chi connectivity index (χ1n) is 6.55. The molecular formula is C17H12BrClN2O2. The van der Waals surface area contributed by atoms with Crippen LogP contribution in [0, 0.1) is 11.3 Å². The Balaban J connectivity index is 2.26. The van der Waals surface area contributed by atoms with Crippen molar-refractivity contribution in [3.8, 4) is 11.8 Å². The lowest BCUT2D eigenvalue weighted by Gasteiger charge is -2.06. The van der Waals surface area contributed by atoms with Crippen molar-refractivity contribution >= 4 is 45.2 Å². The van der Waals surface area contributed by atoms with E-state index >= 15 is 0 Å². The van der Waals surface area contributed by atoms with E-state index in [9.17, 15) is 10.1 Å². The van der Waals surface area contributed by atoms with E-state index in [1.165, 1.54) is 6.08 Å². The predicted molar refractivity (Wildman–Crippen MR) is 94.4 cm³/mol. The van der Waals surface area contributed by atoms with Crippen LogP contribution in [0.5, 0.6) is 5.75 Å². The lowest BCUT2D eigenvalue weighted by molar-refractivity contribution is -0.112. The van der Waals surface area contributed by atoms with Crippen LogP contribution >= 0.6 is 27.5 Å². The second kappa shape index (κ2) is 7.82. The van der Waals surface area contributed by atoms with E-state index in [2.05, 4.69) is 21.2 Å². The number of nitrogens with zero attached hydrogens (tertiary/aromatic N) is 1. The summed E-state index contributed by atoms with van der Waals surface area (Å²) in [5.41, 5.74) is 1.18.